The van der Waals surface area contributed by atoms with E-state index in [1.807, 2.05) is 36.4 Å². The van der Waals surface area contributed by atoms with Crippen LogP contribution in [0.1, 0.15) is 11.1 Å². The first-order valence-electron chi connectivity index (χ1n) is 6.18. The van der Waals surface area contributed by atoms with Crippen molar-refractivity contribution in [1.29, 1.82) is 0 Å². The zero-order chi connectivity index (χ0) is 14.4. The van der Waals surface area contributed by atoms with Gasteiger partial charge in [0.2, 0.25) is 0 Å². The lowest BCUT2D eigenvalue weighted by Crippen LogP contribution is -2.13. The number of benzene rings is 2. The highest BCUT2D eigenvalue weighted by molar-refractivity contribution is 7.98. The largest absolute Gasteiger partial charge is 0.409 e. The quantitative estimate of drug-likeness (QED) is 0.260. The predicted molar refractivity (Wildman–Crippen MR) is 84.5 cm³/mol. The number of amidine groups is 1. The molecule has 0 amide bonds. The van der Waals surface area contributed by atoms with E-state index in [1.54, 1.807) is 11.8 Å². The van der Waals surface area contributed by atoms with Crippen LogP contribution in [0.2, 0.25) is 0 Å². The first kappa shape index (κ1) is 14.3. The second-order valence-electron chi connectivity index (χ2n) is 4.24. The number of rotatable bonds is 5. The Labute approximate surface area is 122 Å². The Morgan fingerprint density at radius 2 is 2.05 bits per heavy atom. The van der Waals surface area contributed by atoms with Crippen molar-refractivity contribution in [2.75, 3.05) is 11.6 Å². The molecule has 4 nitrogen and oxygen atoms in total. The molecule has 20 heavy (non-hydrogen) atoms. The summed E-state index contributed by atoms with van der Waals surface area (Å²) < 4.78 is 0. The molecule has 0 saturated heterocycles. The minimum Gasteiger partial charge on any atom is -0.409 e. The highest BCUT2D eigenvalue weighted by Crippen LogP contribution is 2.25. The van der Waals surface area contributed by atoms with Gasteiger partial charge in [-0.25, -0.2) is 0 Å². The van der Waals surface area contributed by atoms with Gasteiger partial charge >= 0.3 is 0 Å². The number of oxime groups is 1. The Bertz CT molecular complexity index is 614. The molecule has 2 rings (SSSR count). The zero-order valence-corrected chi connectivity index (χ0v) is 12.0. The summed E-state index contributed by atoms with van der Waals surface area (Å²) in [4.78, 5) is 1.21. The van der Waals surface area contributed by atoms with Gasteiger partial charge in [0, 0.05) is 22.7 Å². The van der Waals surface area contributed by atoms with Gasteiger partial charge in [-0.1, -0.05) is 35.5 Å². The van der Waals surface area contributed by atoms with Gasteiger partial charge in [-0.3, -0.25) is 0 Å². The maximum Gasteiger partial charge on any atom is 0.170 e. The predicted octanol–water partition coefficient (Wildman–Crippen LogP) is 3.12. The topological polar surface area (TPSA) is 70.6 Å². The average molecular weight is 287 g/mol. The fraction of sp³-hybridized carbons (Fsp3) is 0.133. The summed E-state index contributed by atoms with van der Waals surface area (Å²) in [5.41, 5.74) is 8.49. The van der Waals surface area contributed by atoms with Gasteiger partial charge in [-0.15, -0.1) is 11.8 Å². The number of hydrogen-bond acceptors (Lipinski definition) is 4. The van der Waals surface area contributed by atoms with E-state index in [1.165, 1.54) is 4.90 Å². The van der Waals surface area contributed by atoms with Crippen LogP contribution in [0.25, 0.3) is 0 Å². The van der Waals surface area contributed by atoms with Crippen molar-refractivity contribution in [2.24, 2.45) is 10.9 Å². The van der Waals surface area contributed by atoms with Gasteiger partial charge in [0.25, 0.3) is 0 Å². The van der Waals surface area contributed by atoms with Crippen LogP contribution < -0.4 is 11.1 Å². The molecule has 0 aliphatic heterocycles. The molecule has 104 valence electrons. The van der Waals surface area contributed by atoms with Gasteiger partial charge in [-0.05, 0) is 30.0 Å². The standard InChI is InChI=1S/C15H17N3OS/c1-20-14-8-3-2-7-13(14)17-10-11-5-4-6-12(9-11)15(16)18-19/h2-9,17,19H,10H2,1H3,(H2,16,18). The number of para-hydroxylation sites is 1. The molecular weight excluding hydrogens is 270 g/mol. The number of nitrogens with two attached hydrogens (primary N) is 1. The van der Waals surface area contributed by atoms with Crippen LogP contribution in [0, 0.1) is 0 Å². The maximum atomic E-state index is 8.70. The van der Waals surface area contributed by atoms with E-state index >= 15 is 0 Å². The number of thioether (sulfide) groups is 1. The van der Waals surface area contributed by atoms with Crippen molar-refractivity contribution >= 4 is 23.3 Å². The summed E-state index contributed by atoms with van der Waals surface area (Å²) in [7, 11) is 0. The fourth-order valence-electron chi connectivity index (χ4n) is 1.89. The third-order valence-corrected chi connectivity index (χ3v) is 3.72. The Morgan fingerprint density at radius 3 is 2.80 bits per heavy atom. The molecule has 0 radical (unpaired) electrons. The van der Waals surface area contributed by atoms with Gasteiger partial charge in [0.1, 0.15) is 0 Å². The van der Waals surface area contributed by atoms with Crippen LogP contribution in [-0.4, -0.2) is 17.3 Å². The van der Waals surface area contributed by atoms with E-state index in [-0.39, 0.29) is 5.84 Å². The Hall–Kier alpha value is -2.14. The van der Waals surface area contributed by atoms with E-state index < -0.39 is 0 Å². The molecule has 0 saturated carbocycles. The Kier molecular flexibility index (Phi) is 4.90. The molecule has 0 unspecified atom stereocenters. The molecule has 0 aromatic heterocycles. The lowest BCUT2D eigenvalue weighted by atomic mass is 10.1. The molecule has 2 aromatic carbocycles. The minimum atomic E-state index is 0.122. The summed E-state index contributed by atoms with van der Waals surface area (Å²) in [6.07, 6.45) is 2.06. The van der Waals surface area contributed by atoms with Crippen LogP contribution in [0.3, 0.4) is 0 Å². The molecule has 0 aliphatic carbocycles. The van der Waals surface area contributed by atoms with Gasteiger partial charge in [0.05, 0.1) is 0 Å². The molecule has 0 spiro atoms. The van der Waals surface area contributed by atoms with Crippen LogP contribution in [0.5, 0.6) is 0 Å². The van der Waals surface area contributed by atoms with Gasteiger partial charge < -0.3 is 16.3 Å². The molecule has 0 aliphatic rings. The lowest BCUT2D eigenvalue weighted by molar-refractivity contribution is 0.318. The molecule has 5 heteroatoms. The monoisotopic (exact) mass is 287 g/mol. The molecule has 0 bridgehead atoms. The highest BCUT2D eigenvalue weighted by atomic mass is 32.2. The molecule has 2 aromatic rings. The van der Waals surface area contributed by atoms with E-state index in [9.17, 15) is 0 Å². The van der Waals surface area contributed by atoms with Crippen molar-refractivity contribution < 1.29 is 5.21 Å². The summed E-state index contributed by atoms with van der Waals surface area (Å²) in [6.45, 7) is 0.685. The zero-order valence-electron chi connectivity index (χ0n) is 11.2. The molecule has 0 fully saturated rings. The van der Waals surface area contributed by atoms with E-state index in [0.717, 1.165) is 11.3 Å². The third-order valence-electron chi connectivity index (χ3n) is 2.92. The summed E-state index contributed by atoms with van der Waals surface area (Å²) in [5, 5.41) is 15.1. The number of nitrogens with one attached hydrogen (secondary N) is 1. The second kappa shape index (κ2) is 6.86. The molecular formula is C15H17N3OS. The smallest absolute Gasteiger partial charge is 0.170 e. The van der Waals surface area contributed by atoms with E-state index in [4.69, 9.17) is 10.9 Å². The highest BCUT2D eigenvalue weighted by Gasteiger charge is 2.02. The molecule has 0 atom stereocenters. The summed E-state index contributed by atoms with van der Waals surface area (Å²) in [5.74, 6) is 0.122. The Balaban J connectivity index is 2.11. The van der Waals surface area contributed by atoms with Crippen molar-refractivity contribution in [2.45, 2.75) is 11.4 Å². The maximum absolute atomic E-state index is 8.70. The lowest BCUT2D eigenvalue weighted by Gasteiger charge is -2.11. The first-order valence-corrected chi connectivity index (χ1v) is 7.41. The summed E-state index contributed by atoms with van der Waals surface area (Å²) >= 11 is 1.71. The van der Waals surface area contributed by atoms with Crippen molar-refractivity contribution in [3.63, 3.8) is 0 Å². The number of nitrogens with zero attached hydrogens (tertiary/aromatic N) is 1. The Morgan fingerprint density at radius 1 is 1.25 bits per heavy atom. The van der Waals surface area contributed by atoms with Crippen LogP contribution >= 0.6 is 11.8 Å². The van der Waals surface area contributed by atoms with Crippen molar-refractivity contribution in [1.82, 2.24) is 0 Å². The van der Waals surface area contributed by atoms with Crippen LogP contribution in [0.4, 0.5) is 5.69 Å². The van der Waals surface area contributed by atoms with E-state index in [2.05, 4.69) is 28.9 Å². The van der Waals surface area contributed by atoms with Gasteiger partial charge in [-0.2, -0.15) is 0 Å². The minimum absolute atomic E-state index is 0.122. The molecule has 4 N–H and O–H groups in total. The summed E-state index contributed by atoms with van der Waals surface area (Å²) in [6, 6.07) is 15.8. The fourth-order valence-corrected chi connectivity index (χ4v) is 2.46. The normalized spacial score (nSPS) is 11.3. The first-order chi connectivity index (χ1) is 9.74. The van der Waals surface area contributed by atoms with Crippen molar-refractivity contribution in [3.05, 3.63) is 59.7 Å². The average Bonchev–Trinajstić information content (AvgIpc) is 2.52. The van der Waals surface area contributed by atoms with Gasteiger partial charge in [0.15, 0.2) is 5.84 Å². The van der Waals surface area contributed by atoms with Crippen LogP contribution in [0.15, 0.2) is 58.6 Å². The second-order valence-corrected chi connectivity index (χ2v) is 5.09. The van der Waals surface area contributed by atoms with Crippen molar-refractivity contribution in [3.8, 4) is 0 Å². The SMILES string of the molecule is CSc1ccccc1NCc1cccc(/C(N)=N/O)c1. The third kappa shape index (κ3) is 3.45. The van der Waals surface area contributed by atoms with Crippen LogP contribution in [-0.2, 0) is 6.54 Å². The number of anilines is 1. The van der Waals surface area contributed by atoms with E-state index in [0.29, 0.717) is 12.1 Å². The number of hydrogen-bond donors (Lipinski definition) is 3. The molecule has 0 heterocycles.